The van der Waals surface area contributed by atoms with Crippen LogP contribution in [0.4, 0.5) is 0 Å². The fourth-order valence-electron chi connectivity index (χ4n) is 4.35. The van der Waals surface area contributed by atoms with Crippen molar-refractivity contribution < 1.29 is 9.53 Å². The van der Waals surface area contributed by atoms with E-state index in [2.05, 4.69) is 23.4 Å². The molecule has 6 heteroatoms. The molecule has 1 aromatic carbocycles. The van der Waals surface area contributed by atoms with E-state index in [1.54, 1.807) is 7.11 Å². The number of hydrogen-bond acceptors (Lipinski definition) is 4. The number of imidazole rings is 1. The number of carbonyl (C=O) groups is 1. The summed E-state index contributed by atoms with van der Waals surface area (Å²) in [5, 5.41) is 0. The zero-order valence-electron chi connectivity index (χ0n) is 15.7. The van der Waals surface area contributed by atoms with Gasteiger partial charge in [0.05, 0.1) is 12.6 Å². The van der Waals surface area contributed by atoms with Crippen LogP contribution in [0.2, 0.25) is 0 Å². The second-order valence-electron chi connectivity index (χ2n) is 7.35. The highest BCUT2D eigenvalue weighted by Gasteiger charge is 2.46. The molecule has 0 radical (unpaired) electrons. The number of benzene rings is 1. The summed E-state index contributed by atoms with van der Waals surface area (Å²) in [7, 11) is 3.82. The van der Waals surface area contributed by atoms with Gasteiger partial charge in [-0.05, 0) is 51.1 Å². The molecule has 2 aromatic rings. The molecule has 0 atom stereocenters. The van der Waals surface area contributed by atoms with Gasteiger partial charge in [0.15, 0.2) is 0 Å². The lowest BCUT2D eigenvalue weighted by Crippen LogP contribution is -2.57. The van der Waals surface area contributed by atoms with Crippen LogP contribution in [0.3, 0.4) is 0 Å². The van der Waals surface area contributed by atoms with Crippen molar-refractivity contribution in [2.75, 3.05) is 33.8 Å². The van der Waals surface area contributed by atoms with Crippen LogP contribution in [0.25, 0.3) is 0 Å². The molecule has 0 bridgehead atoms. The van der Waals surface area contributed by atoms with Crippen LogP contribution in [0.15, 0.2) is 30.5 Å². The molecule has 2 aliphatic heterocycles. The molecule has 1 fully saturated rings. The third-order valence-electron chi connectivity index (χ3n) is 6.08. The summed E-state index contributed by atoms with van der Waals surface area (Å²) in [6, 6.07) is 7.36. The van der Waals surface area contributed by atoms with Crippen molar-refractivity contribution in [1.29, 1.82) is 0 Å². The van der Waals surface area contributed by atoms with Crippen LogP contribution < -0.4 is 4.74 Å². The van der Waals surface area contributed by atoms with Crippen molar-refractivity contribution in [1.82, 2.24) is 19.4 Å². The monoisotopic (exact) mass is 354 g/mol. The lowest BCUT2D eigenvalue weighted by molar-refractivity contribution is 0.00955. The molecule has 0 unspecified atom stereocenters. The molecule has 1 aromatic heterocycles. The first-order valence-corrected chi connectivity index (χ1v) is 9.22. The predicted octanol–water partition coefficient (Wildman–Crippen LogP) is 2.28. The zero-order valence-corrected chi connectivity index (χ0v) is 15.7. The molecule has 4 rings (SSSR count). The maximum Gasteiger partial charge on any atom is 0.253 e. The third kappa shape index (κ3) is 2.60. The molecule has 0 N–H and O–H groups in total. The number of carbonyl (C=O) groups excluding carboxylic acids is 1. The molecule has 6 nitrogen and oxygen atoms in total. The highest BCUT2D eigenvalue weighted by molar-refractivity contribution is 5.94. The van der Waals surface area contributed by atoms with Crippen molar-refractivity contribution >= 4 is 5.91 Å². The molecule has 1 saturated heterocycles. The summed E-state index contributed by atoms with van der Waals surface area (Å²) in [4.78, 5) is 22.0. The lowest BCUT2D eigenvalue weighted by Gasteiger charge is -2.49. The van der Waals surface area contributed by atoms with E-state index in [1.807, 2.05) is 35.4 Å². The normalized spacial score (nSPS) is 19.4. The Morgan fingerprint density at radius 3 is 2.46 bits per heavy atom. The predicted molar refractivity (Wildman–Crippen MR) is 99.4 cm³/mol. The number of ether oxygens (including phenoxy) is 1. The highest BCUT2D eigenvalue weighted by atomic mass is 16.5. The summed E-state index contributed by atoms with van der Waals surface area (Å²) in [5.41, 5.74) is 1.89. The summed E-state index contributed by atoms with van der Waals surface area (Å²) >= 11 is 0. The summed E-state index contributed by atoms with van der Waals surface area (Å²) < 4.78 is 7.53. The lowest BCUT2D eigenvalue weighted by atomic mass is 9.83. The van der Waals surface area contributed by atoms with Crippen LogP contribution in [-0.4, -0.2) is 59.0 Å². The minimum Gasteiger partial charge on any atom is -0.497 e. The van der Waals surface area contributed by atoms with E-state index in [0.29, 0.717) is 0 Å². The molecule has 0 saturated carbocycles. The van der Waals surface area contributed by atoms with Gasteiger partial charge < -0.3 is 14.2 Å². The van der Waals surface area contributed by atoms with Crippen molar-refractivity contribution in [3.63, 3.8) is 0 Å². The molecule has 0 aliphatic carbocycles. The summed E-state index contributed by atoms with van der Waals surface area (Å²) in [5.74, 6) is 2.03. The smallest absolute Gasteiger partial charge is 0.253 e. The van der Waals surface area contributed by atoms with Gasteiger partial charge in [-0.1, -0.05) is 0 Å². The van der Waals surface area contributed by atoms with Crippen LogP contribution in [0.5, 0.6) is 5.75 Å². The fourth-order valence-corrected chi connectivity index (χ4v) is 4.35. The van der Waals surface area contributed by atoms with Crippen LogP contribution in [-0.2, 0) is 12.1 Å². The number of hydrogen-bond donors (Lipinski definition) is 0. The molecule has 1 amide bonds. The standard InChI is InChI=1S/C20H26N4O2/c1-15-14-21-19-20(22(2)12-13-24(15)19)8-10-23(11-9-20)18(25)16-4-6-17(26-3)7-5-16/h4-7,14H,8-13H2,1-3H3. The van der Waals surface area contributed by atoms with Gasteiger partial charge in [-0.2, -0.15) is 0 Å². The number of fused-ring (bicyclic) bond motifs is 2. The van der Waals surface area contributed by atoms with E-state index in [-0.39, 0.29) is 11.4 Å². The van der Waals surface area contributed by atoms with Gasteiger partial charge in [0.25, 0.3) is 5.91 Å². The zero-order chi connectivity index (χ0) is 18.3. The van der Waals surface area contributed by atoms with Crippen molar-refractivity contribution in [3.8, 4) is 5.75 Å². The summed E-state index contributed by atoms with van der Waals surface area (Å²) in [6.45, 7) is 5.64. The quantitative estimate of drug-likeness (QED) is 0.830. The average molecular weight is 354 g/mol. The number of amides is 1. The number of likely N-dealkylation sites (tertiary alicyclic amines) is 1. The molecule has 2 aliphatic rings. The number of methoxy groups -OCH3 is 1. The first kappa shape index (κ1) is 17.1. The van der Waals surface area contributed by atoms with Gasteiger partial charge in [-0.15, -0.1) is 0 Å². The van der Waals surface area contributed by atoms with Crippen LogP contribution in [0, 0.1) is 6.92 Å². The molecule has 3 heterocycles. The Bertz CT molecular complexity index is 804. The molecular formula is C20H26N4O2. The maximum absolute atomic E-state index is 12.9. The number of aryl methyl sites for hydroxylation is 1. The van der Waals surface area contributed by atoms with Crippen LogP contribution >= 0.6 is 0 Å². The summed E-state index contributed by atoms with van der Waals surface area (Å²) in [6.07, 6.45) is 3.81. The van der Waals surface area contributed by atoms with Crippen LogP contribution in [0.1, 0.15) is 34.7 Å². The Labute approximate surface area is 154 Å². The Balaban J connectivity index is 1.52. The van der Waals surface area contributed by atoms with Gasteiger partial charge in [-0.3, -0.25) is 9.69 Å². The average Bonchev–Trinajstić information content (AvgIpc) is 3.07. The first-order chi connectivity index (χ1) is 12.5. The molecule has 1 spiro atoms. The number of rotatable bonds is 2. The topological polar surface area (TPSA) is 50.6 Å². The number of likely N-dealkylation sites (N-methyl/N-ethyl adjacent to an activating group) is 1. The maximum atomic E-state index is 12.9. The molecule has 26 heavy (non-hydrogen) atoms. The molecular weight excluding hydrogens is 328 g/mol. The minimum atomic E-state index is -0.0524. The largest absolute Gasteiger partial charge is 0.497 e. The van der Waals surface area contributed by atoms with E-state index < -0.39 is 0 Å². The number of nitrogens with zero attached hydrogens (tertiary/aromatic N) is 4. The van der Waals surface area contributed by atoms with Gasteiger partial charge in [-0.25, -0.2) is 4.98 Å². The number of piperidine rings is 1. The van der Waals surface area contributed by atoms with E-state index in [4.69, 9.17) is 9.72 Å². The Morgan fingerprint density at radius 1 is 1.12 bits per heavy atom. The van der Waals surface area contributed by atoms with E-state index in [1.165, 1.54) is 11.5 Å². The first-order valence-electron chi connectivity index (χ1n) is 9.22. The second-order valence-corrected chi connectivity index (χ2v) is 7.35. The Hall–Kier alpha value is -2.34. The van der Waals surface area contributed by atoms with Crippen molar-refractivity contribution in [3.05, 3.63) is 47.5 Å². The minimum absolute atomic E-state index is 0.0524. The SMILES string of the molecule is COc1ccc(C(=O)N2CCC3(CC2)c2ncc(C)n2CCN3C)cc1. The fraction of sp³-hybridized carbons (Fsp3) is 0.500. The van der Waals surface area contributed by atoms with Gasteiger partial charge in [0.2, 0.25) is 0 Å². The van der Waals surface area contributed by atoms with E-state index in [0.717, 1.165) is 50.3 Å². The molecule has 138 valence electrons. The van der Waals surface area contributed by atoms with Gasteiger partial charge in [0, 0.05) is 43.6 Å². The van der Waals surface area contributed by atoms with E-state index >= 15 is 0 Å². The van der Waals surface area contributed by atoms with Gasteiger partial charge in [0.1, 0.15) is 11.6 Å². The van der Waals surface area contributed by atoms with Crippen molar-refractivity contribution in [2.24, 2.45) is 0 Å². The van der Waals surface area contributed by atoms with Crippen molar-refractivity contribution in [2.45, 2.75) is 31.8 Å². The highest BCUT2D eigenvalue weighted by Crippen LogP contribution is 2.40. The third-order valence-corrected chi connectivity index (χ3v) is 6.08. The Kier molecular flexibility index (Phi) is 4.23. The number of aromatic nitrogens is 2. The van der Waals surface area contributed by atoms with E-state index in [9.17, 15) is 4.79 Å². The second kappa shape index (κ2) is 6.43. The Morgan fingerprint density at radius 2 is 1.81 bits per heavy atom. The van der Waals surface area contributed by atoms with Gasteiger partial charge >= 0.3 is 0 Å².